The molecule has 0 aromatic heterocycles. The van der Waals surface area contributed by atoms with Crippen LogP contribution in [0.2, 0.25) is 0 Å². The molecule has 1 aliphatic rings. The first-order chi connectivity index (χ1) is 9.58. The molecule has 0 unspecified atom stereocenters. The third-order valence-electron chi connectivity index (χ3n) is 3.74. The lowest BCUT2D eigenvalue weighted by molar-refractivity contribution is -0.129. The Bertz CT molecular complexity index is 483. The molecule has 0 atom stereocenters. The number of carbonyl (C=O) groups excluding carboxylic acids is 1. The molecule has 0 bridgehead atoms. The Hall–Kier alpha value is -1.32. The van der Waals surface area contributed by atoms with Crippen molar-refractivity contribution >= 4 is 18.3 Å². The van der Waals surface area contributed by atoms with E-state index in [1.165, 1.54) is 11.1 Å². The van der Waals surface area contributed by atoms with Gasteiger partial charge in [-0.2, -0.15) is 0 Å². The molecule has 2 N–H and O–H groups in total. The zero-order chi connectivity index (χ0) is 14.4. The van der Waals surface area contributed by atoms with Gasteiger partial charge in [-0.1, -0.05) is 55.8 Å². The van der Waals surface area contributed by atoms with Crippen LogP contribution in [0.3, 0.4) is 0 Å². The Morgan fingerprint density at radius 3 is 2.62 bits per heavy atom. The van der Waals surface area contributed by atoms with E-state index in [-0.39, 0.29) is 23.7 Å². The van der Waals surface area contributed by atoms with Crippen molar-refractivity contribution < 1.29 is 4.79 Å². The maximum absolute atomic E-state index is 12.4. The van der Waals surface area contributed by atoms with Crippen molar-refractivity contribution in [2.75, 3.05) is 19.6 Å². The molecule has 1 aromatic carbocycles. The molecule has 0 fully saturated rings. The van der Waals surface area contributed by atoms with Crippen molar-refractivity contribution in [2.45, 2.75) is 26.7 Å². The van der Waals surface area contributed by atoms with Crippen LogP contribution in [-0.4, -0.2) is 25.5 Å². The average Bonchev–Trinajstić information content (AvgIpc) is 2.46. The molecule has 116 valence electrons. The summed E-state index contributed by atoms with van der Waals surface area (Å²) in [6.45, 7) is 6.62. The monoisotopic (exact) mass is 308 g/mol. The average molecular weight is 309 g/mol. The molecule has 0 saturated carbocycles. The predicted molar refractivity (Wildman–Crippen MR) is 89.8 cm³/mol. The summed E-state index contributed by atoms with van der Waals surface area (Å²) in [5.74, 6) is 0.126. The van der Waals surface area contributed by atoms with Crippen LogP contribution in [0.1, 0.15) is 25.8 Å². The van der Waals surface area contributed by atoms with Crippen molar-refractivity contribution in [1.29, 1.82) is 0 Å². The van der Waals surface area contributed by atoms with Gasteiger partial charge >= 0.3 is 0 Å². The van der Waals surface area contributed by atoms with Gasteiger partial charge < -0.3 is 10.6 Å². The van der Waals surface area contributed by atoms with Gasteiger partial charge in [0.1, 0.15) is 0 Å². The lowest BCUT2D eigenvalue weighted by Gasteiger charge is -2.24. The van der Waals surface area contributed by atoms with E-state index in [9.17, 15) is 4.79 Å². The van der Waals surface area contributed by atoms with Gasteiger partial charge in [0.2, 0.25) is 5.91 Å². The van der Waals surface area contributed by atoms with Crippen LogP contribution in [0.4, 0.5) is 0 Å². The lowest BCUT2D eigenvalue weighted by atomic mass is 9.84. The second kappa shape index (κ2) is 8.20. The summed E-state index contributed by atoms with van der Waals surface area (Å²) < 4.78 is 0. The van der Waals surface area contributed by atoms with Gasteiger partial charge in [0, 0.05) is 18.5 Å². The van der Waals surface area contributed by atoms with Crippen LogP contribution in [0, 0.1) is 5.41 Å². The number of hydrogen-bond donors (Lipinski definition) is 2. The summed E-state index contributed by atoms with van der Waals surface area (Å²) in [5.41, 5.74) is 2.15. The van der Waals surface area contributed by atoms with Crippen LogP contribution >= 0.6 is 12.4 Å². The Morgan fingerprint density at radius 2 is 2.00 bits per heavy atom. The van der Waals surface area contributed by atoms with E-state index in [2.05, 4.69) is 28.8 Å². The minimum absolute atomic E-state index is 0. The fraction of sp³-hybridized carbons (Fsp3) is 0.471. The molecule has 1 heterocycles. The van der Waals surface area contributed by atoms with Crippen molar-refractivity contribution in [3.8, 4) is 0 Å². The van der Waals surface area contributed by atoms with Crippen molar-refractivity contribution in [3.63, 3.8) is 0 Å². The Labute approximate surface area is 133 Å². The fourth-order valence-corrected chi connectivity index (χ4v) is 2.45. The first kappa shape index (κ1) is 17.7. The van der Waals surface area contributed by atoms with Crippen molar-refractivity contribution in [2.24, 2.45) is 5.41 Å². The van der Waals surface area contributed by atoms with Gasteiger partial charge in [-0.05, 0) is 24.9 Å². The van der Waals surface area contributed by atoms with Crippen LogP contribution in [-0.2, 0) is 11.2 Å². The Kier molecular flexibility index (Phi) is 6.93. The van der Waals surface area contributed by atoms with E-state index in [1.807, 2.05) is 32.0 Å². The van der Waals surface area contributed by atoms with Gasteiger partial charge in [-0.3, -0.25) is 4.79 Å². The maximum atomic E-state index is 12.4. The summed E-state index contributed by atoms with van der Waals surface area (Å²) >= 11 is 0. The molecule has 2 rings (SSSR count). The van der Waals surface area contributed by atoms with Crippen LogP contribution < -0.4 is 10.6 Å². The molecule has 1 amide bonds. The molecule has 1 aromatic rings. The third kappa shape index (κ3) is 5.52. The number of rotatable bonds is 5. The van der Waals surface area contributed by atoms with Gasteiger partial charge in [-0.15, -0.1) is 12.4 Å². The minimum Gasteiger partial charge on any atom is -0.352 e. The summed E-state index contributed by atoms with van der Waals surface area (Å²) in [7, 11) is 0. The first-order valence-corrected chi connectivity index (χ1v) is 7.29. The summed E-state index contributed by atoms with van der Waals surface area (Å²) in [6.07, 6.45) is 3.97. The van der Waals surface area contributed by atoms with Gasteiger partial charge in [0.15, 0.2) is 0 Å². The molecule has 1 aliphatic heterocycles. The summed E-state index contributed by atoms with van der Waals surface area (Å²) in [5, 5.41) is 6.35. The lowest BCUT2D eigenvalue weighted by Crippen LogP contribution is -2.40. The second-order valence-corrected chi connectivity index (χ2v) is 6.05. The number of benzene rings is 1. The SMILES string of the molecule is CC(C)(Cc1ccccc1)C(=O)NCC1=CCNCC1.Cl. The Balaban J connectivity index is 0.00000220. The van der Waals surface area contributed by atoms with E-state index < -0.39 is 0 Å². The first-order valence-electron chi connectivity index (χ1n) is 7.29. The molecule has 0 aliphatic carbocycles. The van der Waals surface area contributed by atoms with Crippen molar-refractivity contribution in [1.82, 2.24) is 10.6 Å². The second-order valence-electron chi connectivity index (χ2n) is 6.05. The van der Waals surface area contributed by atoms with Crippen LogP contribution in [0.15, 0.2) is 42.0 Å². The highest BCUT2D eigenvalue weighted by Crippen LogP contribution is 2.22. The molecular formula is C17H25ClN2O. The van der Waals surface area contributed by atoms with Crippen LogP contribution in [0.5, 0.6) is 0 Å². The maximum Gasteiger partial charge on any atom is 0.226 e. The van der Waals surface area contributed by atoms with E-state index in [0.29, 0.717) is 6.54 Å². The highest BCUT2D eigenvalue weighted by Gasteiger charge is 2.27. The molecule has 3 nitrogen and oxygen atoms in total. The fourth-order valence-electron chi connectivity index (χ4n) is 2.45. The minimum atomic E-state index is -0.380. The summed E-state index contributed by atoms with van der Waals surface area (Å²) in [6, 6.07) is 10.2. The quantitative estimate of drug-likeness (QED) is 0.821. The standard InChI is InChI=1S/C17H24N2O.ClH/c1-17(2,12-14-6-4-3-5-7-14)16(20)19-13-15-8-10-18-11-9-15;/h3-8,18H,9-13H2,1-2H3,(H,19,20);1H. The number of hydrogen-bond acceptors (Lipinski definition) is 2. The van der Waals surface area contributed by atoms with E-state index in [4.69, 9.17) is 0 Å². The number of halogens is 1. The summed E-state index contributed by atoms with van der Waals surface area (Å²) in [4.78, 5) is 12.4. The van der Waals surface area contributed by atoms with E-state index >= 15 is 0 Å². The highest BCUT2D eigenvalue weighted by molar-refractivity contribution is 5.85. The molecule has 4 heteroatoms. The van der Waals surface area contributed by atoms with Crippen molar-refractivity contribution in [3.05, 3.63) is 47.5 Å². The van der Waals surface area contributed by atoms with Gasteiger partial charge in [0.25, 0.3) is 0 Å². The largest absolute Gasteiger partial charge is 0.352 e. The van der Waals surface area contributed by atoms with E-state index in [1.54, 1.807) is 0 Å². The zero-order valence-electron chi connectivity index (χ0n) is 12.8. The molecule has 0 spiro atoms. The Morgan fingerprint density at radius 1 is 1.29 bits per heavy atom. The molecular weight excluding hydrogens is 284 g/mol. The predicted octanol–water partition coefficient (Wildman–Crippen LogP) is 2.71. The van der Waals surface area contributed by atoms with Gasteiger partial charge in [0.05, 0.1) is 0 Å². The number of nitrogens with one attached hydrogen (secondary N) is 2. The van der Waals surface area contributed by atoms with Crippen LogP contribution in [0.25, 0.3) is 0 Å². The topological polar surface area (TPSA) is 41.1 Å². The zero-order valence-corrected chi connectivity index (χ0v) is 13.6. The van der Waals surface area contributed by atoms with Gasteiger partial charge in [-0.25, -0.2) is 0 Å². The molecule has 21 heavy (non-hydrogen) atoms. The molecule has 0 radical (unpaired) electrons. The normalized spacial score (nSPS) is 14.9. The smallest absolute Gasteiger partial charge is 0.226 e. The number of amides is 1. The van der Waals surface area contributed by atoms with E-state index in [0.717, 1.165) is 25.9 Å². The highest BCUT2D eigenvalue weighted by atomic mass is 35.5. The third-order valence-corrected chi connectivity index (χ3v) is 3.74. The molecule has 0 saturated heterocycles. The number of carbonyl (C=O) groups is 1.